The summed E-state index contributed by atoms with van der Waals surface area (Å²) in [4.78, 5) is 103. The number of nitrogens with one attached hydrogen (secondary N) is 4. The van der Waals surface area contributed by atoms with Gasteiger partial charge in [-0.15, -0.1) is 0 Å². The van der Waals surface area contributed by atoms with E-state index in [1.807, 2.05) is 5.43 Å². The summed E-state index contributed by atoms with van der Waals surface area (Å²) in [5, 5.41) is 185. The van der Waals surface area contributed by atoms with Crippen LogP contribution in [0.2, 0.25) is 0 Å². The smallest absolute Gasteiger partial charge is 0.870 e. The van der Waals surface area contributed by atoms with E-state index in [1.165, 1.54) is 48.5 Å². The quantitative estimate of drug-likeness (QED) is 0.0127. The Kier molecular flexibility index (Phi) is 33.0. The van der Waals surface area contributed by atoms with Gasteiger partial charge in [-0.3, -0.25) is 101 Å². The van der Waals surface area contributed by atoms with Crippen molar-refractivity contribution in [1.29, 1.82) is 0 Å². The SMILES string of the molecule is O=C1C([N+](=O)[O-])=CC([N+](=O)[O-])=C/C1=N/Nc1cc(N=Nc2ccc(Nc3ccc([N+](=O)[O-])cc3S(=O)(=O)[O-])cc2)c([O-])c(N=Nc2ccc([N+](=O)[O-])c(S(=O)(=O)[O-])c2)c1[O-].O=C1C([N+](=O)[O-])=CC([N+](=O)[O-])=C/C1=N/Nc1cc(N=Nc2ccc(Nc3ccc([N+](=O)[O-])cc3S(=O)(=O)[O-])cc2)c([O-])c(N=Nc2ccc([N+](=O)[O-])cc2)c1[O-].[Cr+3].[H+].[Na+].[Na+].[Na+]. The van der Waals surface area contributed by atoms with E-state index in [4.69, 9.17) is 0 Å². The summed E-state index contributed by atoms with van der Waals surface area (Å²) in [6.07, 6.45) is 1.88. The predicted octanol–water partition coefficient (Wildman–Crippen LogP) is -0.373. The first-order chi connectivity index (χ1) is 54.5. The molecule has 4 N–H and O–H groups in total. The van der Waals surface area contributed by atoms with Gasteiger partial charge in [0.1, 0.15) is 46.7 Å². The maximum Gasteiger partial charge on any atom is 3.00 e. The van der Waals surface area contributed by atoms with Crippen molar-refractivity contribution < 1.29 is 216 Å². The number of rotatable bonds is 27. The topological polar surface area (TPSA) is 815 Å². The van der Waals surface area contributed by atoms with Crippen LogP contribution in [0.4, 0.5) is 102 Å². The minimum Gasteiger partial charge on any atom is -0.870 e. The van der Waals surface area contributed by atoms with Crippen molar-refractivity contribution in [3.63, 3.8) is 0 Å². The molecule has 0 unspecified atom stereocenters. The van der Waals surface area contributed by atoms with E-state index in [9.17, 15) is 150 Å². The van der Waals surface area contributed by atoms with Crippen molar-refractivity contribution >= 4 is 156 Å². The van der Waals surface area contributed by atoms with Gasteiger partial charge in [0, 0.05) is 66.0 Å². The number of nitro benzene ring substituents is 4. The second-order valence-corrected chi connectivity index (χ2v) is 26.1. The number of carbonyl (C=O) groups excluding carboxylic acids is 2. The van der Waals surface area contributed by atoms with E-state index in [0.717, 1.165) is 60.7 Å². The number of benzene rings is 8. The van der Waals surface area contributed by atoms with Gasteiger partial charge in [0.15, 0.2) is 0 Å². The minimum absolute atomic E-state index is 0. The molecule has 0 spiro atoms. The maximum absolute atomic E-state index is 13.4. The number of anilines is 6. The molecule has 0 heterocycles. The van der Waals surface area contributed by atoms with Crippen molar-refractivity contribution in [2.24, 2.45) is 51.1 Å². The van der Waals surface area contributed by atoms with Crippen molar-refractivity contribution in [3.05, 3.63) is 268 Å². The molecule has 53 nitrogen and oxygen atoms in total. The van der Waals surface area contributed by atoms with Crippen LogP contribution in [-0.2, 0) is 57.3 Å². The fraction of sp³-hybridized carbons (Fsp3) is 0. The summed E-state index contributed by atoms with van der Waals surface area (Å²) in [5.74, 6) is -7.90. The molecule has 2 aliphatic rings. The number of nitro groups is 8. The number of nitrogens with zero attached hydrogens (tertiary/aromatic N) is 18. The van der Waals surface area contributed by atoms with Gasteiger partial charge in [0.25, 0.3) is 45.7 Å². The molecular weight excluding hydrogens is 1740 g/mol. The first-order valence-corrected chi connectivity index (χ1v) is 34.4. The zero-order chi connectivity index (χ0) is 85.2. The average Bonchev–Trinajstić information content (AvgIpc) is 0.808. The first-order valence-electron chi connectivity index (χ1n) is 30.2. The number of Topliss-reactive ketones (excluding diaryl/α,β-unsaturated/α-hetero) is 2. The standard InChI is InChI=1S/C30H19N11O17S2.C30H19N11O14S.Cr.3Na/c42-28-20(10-18(39(47)48)11-24(28)41(51)52)35-36-22-13-21(29(43)27(30(22)44)37-33-16-5-8-23(40(49)50)26(9-16)60(56,57)58)34-32-15-3-1-14(2-4-15)31-19-7-6-17(38(45)46)12-25(19)59(53,54)55;42-28-22(11-20(40(49)50)12-25(28)41(51)52)35-36-24-14-23(29(43)27(30(24)44)37-33-17-5-7-18(8-6-17)38(45)46)34-32-16-3-1-15(2-4-16)31-21-10-9-19(39(47)48)13-26(21)56(53,54)55;;;;/h1-13,31,36,43-44H,(H,53,54,55)(H,56,57,58);1-14,31,36,43-44H,(H,53,54,55);;;;/q;;+3;3*+1/p-6/b34-32?,35-20-,37-33?;34-32?,35-22-,37-33?;;;;. The molecule has 0 fully saturated rings. The molecule has 0 aromatic heterocycles. The van der Waals surface area contributed by atoms with Crippen molar-refractivity contribution in [2.45, 2.75) is 14.7 Å². The Balaban J connectivity index is 0.000000489. The molecule has 0 bridgehead atoms. The molecule has 0 saturated carbocycles. The van der Waals surface area contributed by atoms with Gasteiger partial charge >= 0.3 is 119 Å². The summed E-state index contributed by atoms with van der Waals surface area (Å²) in [6, 6.07) is 23.0. The first kappa shape index (κ1) is 97.2. The van der Waals surface area contributed by atoms with E-state index >= 15 is 0 Å². The van der Waals surface area contributed by atoms with Gasteiger partial charge in [-0.05, 0) is 97.1 Å². The third-order valence-electron chi connectivity index (χ3n) is 14.6. The third kappa shape index (κ3) is 24.2. The number of allylic oxidation sites excluding steroid dienone is 6. The van der Waals surface area contributed by atoms with Crippen LogP contribution >= 0.6 is 0 Å². The molecule has 0 saturated heterocycles. The Labute approximate surface area is 742 Å². The molecule has 0 aliphatic heterocycles. The van der Waals surface area contributed by atoms with Crippen LogP contribution < -0.4 is 131 Å². The molecule has 10 rings (SSSR count). The molecule has 595 valence electrons. The van der Waals surface area contributed by atoms with Gasteiger partial charge in [-0.25, -0.2) is 25.3 Å². The van der Waals surface area contributed by atoms with Crippen LogP contribution in [0.3, 0.4) is 0 Å². The summed E-state index contributed by atoms with van der Waals surface area (Å²) < 4.78 is 105. The van der Waals surface area contributed by atoms with E-state index in [-0.39, 0.29) is 153 Å². The Bertz CT molecular complexity index is 6330. The van der Waals surface area contributed by atoms with Crippen LogP contribution in [0, 0.1) is 80.9 Å². The van der Waals surface area contributed by atoms with Crippen LogP contribution in [0.15, 0.2) is 252 Å². The van der Waals surface area contributed by atoms with Gasteiger partial charge in [0.05, 0.1) is 130 Å². The molecule has 0 atom stereocenters. The van der Waals surface area contributed by atoms with Crippen LogP contribution in [0.5, 0.6) is 23.0 Å². The largest absolute Gasteiger partial charge is 3.00 e. The molecule has 1 radical (unpaired) electrons. The fourth-order valence-electron chi connectivity index (χ4n) is 9.19. The molecule has 120 heavy (non-hydrogen) atoms. The van der Waals surface area contributed by atoms with E-state index < -0.39 is 210 Å². The van der Waals surface area contributed by atoms with Crippen molar-refractivity contribution in [2.75, 3.05) is 21.5 Å². The summed E-state index contributed by atoms with van der Waals surface area (Å²) in [5.41, 5.74) is -10.5. The number of azo groups is 4. The van der Waals surface area contributed by atoms with Crippen molar-refractivity contribution in [1.82, 2.24) is 0 Å². The Morgan fingerprint density at radius 3 is 0.975 bits per heavy atom. The molecule has 8 aromatic carbocycles. The summed E-state index contributed by atoms with van der Waals surface area (Å²) in [6.45, 7) is 0. The monoisotopic (exact) mass is 1770 g/mol. The second-order valence-electron chi connectivity index (χ2n) is 22.1. The van der Waals surface area contributed by atoms with Gasteiger partial charge < -0.3 is 44.7 Å². The number of hydrogen-bond acceptors (Lipinski definition) is 45. The van der Waals surface area contributed by atoms with E-state index in [0.29, 0.717) is 54.6 Å². The number of hydrazone groups is 2. The average molecular weight is 1770 g/mol. The zero-order valence-corrected chi connectivity index (χ0v) is 69.2. The van der Waals surface area contributed by atoms with Gasteiger partial charge in [-0.1, -0.05) is 23.0 Å². The Morgan fingerprint density at radius 2 is 0.650 bits per heavy atom. The summed E-state index contributed by atoms with van der Waals surface area (Å²) >= 11 is 0. The molecule has 60 heteroatoms. The fourth-order valence-corrected chi connectivity index (χ4v) is 11.2. The van der Waals surface area contributed by atoms with Gasteiger partial charge in [-0.2, -0.15) is 51.1 Å². The molecule has 2 aliphatic carbocycles. The second kappa shape index (κ2) is 40.7. The third-order valence-corrected chi connectivity index (χ3v) is 17.2. The zero-order valence-electron chi connectivity index (χ0n) is 60.4. The predicted molar refractivity (Wildman–Crippen MR) is 377 cm³/mol. The Morgan fingerprint density at radius 1 is 0.325 bits per heavy atom. The molecule has 8 aromatic rings. The Hall–Kier alpha value is -13.3. The minimum atomic E-state index is -5.47. The number of hydrogen-bond donors (Lipinski definition) is 4. The normalized spacial score (nSPS) is 13.4. The van der Waals surface area contributed by atoms with Crippen molar-refractivity contribution in [3.8, 4) is 23.0 Å². The van der Waals surface area contributed by atoms with Gasteiger partial charge in [0.2, 0.25) is 0 Å². The molecule has 0 amide bonds. The van der Waals surface area contributed by atoms with Crippen LogP contribution in [0.25, 0.3) is 0 Å². The van der Waals surface area contributed by atoms with E-state index in [1.54, 1.807) is 0 Å². The van der Waals surface area contributed by atoms with E-state index in [2.05, 4.69) is 67.2 Å². The summed E-state index contributed by atoms with van der Waals surface area (Å²) in [7, 11) is -15.8. The number of ketones is 2. The van der Waals surface area contributed by atoms with Crippen LogP contribution in [0.1, 0.15) is 1.43 Å². The van der Waals surface area contributed by atoms with Crippen LogP contribution in [-0.4, -0.2) is 101 Å². The number of non-ortho nitro benzene ring substituents is 3. The maximum atomic E-state index is 13.4. The number of carbonyl (C=O) groups is 2. The molecular formula is C60H32CrN22Na3O31S3.